The van der Waals surface area contributed by atoms with E-state index in [0.717, 1.165) is 11.1 Å². The Morgan fingerprint density at radius 1 is 0.860 bits per heavy atom. The lowest BCUT2D eigenvalue weighted by Gasteiger charge is -2.27. The molecule has 14 heteroatoms. The first-order valence-electron chi connectivity index (χ1n) is 13.7. The van der Waals surface area contributed by atoms with E-state index in [4.69, 9.17) is 19.9 Å². The van der Waals surface area contributed by atoms with E-state index in [1.54, 1.807) is 17.8 Å². The molecule has 2 aromatic heterocycles. The van der Waals surface area contributed by atoms with Gasteiger partial charge < -0.3 is 24.5 Å². The molecule has 0 saturated carbocycles. The number of benzene rings is 2. The third-order valence-electron chi connectivity index (χ3n) is 6.38. The van der Waals surface area contributed by atoms with Gasteiger partial charge in [0.15, 0.2) is 11.5 Å². The molecule has 0 bridgehead atoms. The Bertz CT molecular complexity index is 1490. The number of anilines is 1. The smallest absolute Gasteiger partial charge is 0.323 e. The normalized spacial score (nSPS) is 13.7. The van der Waals surface area contributed by atoms with Crippen LogP contribution in [0.15, 0.2) is 73.3 Å². The van der Waals surface area contributed by atoms with Crippen molar-refractivity contribution in [2.75, 3.05) is 12.1 Å². The maximum Gasteiger partial charge on any atom is 0.323 e. The second-order valence-electron chi connectivity index (χ2n) is 10.1. The van der Waals surface area contributed by atoms with Crippen LogP contribution in [0.2, 0.25) is 0 Å². The number of nitrogens with zero attached hydrogens (tertiary/aromatic N) is 4. The standard InChI is InChI=1S/C29H36N7O6P/c1-20(14-36-18-33-25-26(30)31-17-32-27(25)36)42-19-43(39,34-21(2)28(37)40-15-23-10-6-4-7-11-23)35-22(3)29(38)41-16-24-12-8-5-9-13-24/h4-13,17-18,20-22H,14-16,19H2,1-3H3,(H2,30,31,32)(H2,34,35,39)/t20-,21+,22+/m1/s1. The Balaban J connectivity index is 1.40. The van der Waals surface area contributed by atoms with Gasteiger partial charge in [0.2, 0.25) is 7.44 Å². The number of nitrogen functional groups attached to an aromatic ring is 1. The van der Waals surface area contributed by atoms with Crippen molar-refractivity contribution in [3.8, 4) is 0 Å². The number of hydrogen-bond acceptors (Lipinski definition) is 10. The van der Waals surface area contributed by atoms with E-state index in [1.807, 2.05) is 60.7 Å². The third kappa shape index (κ3) is 9.16. The van der Waals surface area contributed by atoms with Crippen LogP contribution < -0.4 is 15.9 Å². The average Bonchev–Trinajstić information content (AvgIpc) is 3.42. The molecule has 0 radical (unpaired) electrons. The van der Waals surface area contributed by atoms with Crippen LogP contribution in [0.25, 0.3) is 11.2 Å². The van der Waals surface area contributed by atoms with Crippen molar-refractivity contribution in [3.05, 3.63) is 84.4 Å². The lowest BCUT2D eigenvalue weighted by Crippen LogP contribution is -2.43. The van der Waals surface area contributed by atoms with E-state index >= 15 is 0 Å². The molecule has 0 saturated heterocycles. The number of fused-ring (bicyclic) bond motifs is 1. The van der Waals surface area contributed by atoms with Gasteiger partial charge in [-0.15, -0.1) is 0 Å². The molecule has 0 aliphatic carbocycles. The highest BCUT2D eigenvalue weighted by Crippen LogP contribution is 2.38. The fourth-order valence-corrected chi connectivity index (χ4v) is 6.29. The quantitative estimate of drug-likeness (QED) is 0.133. The SMILES string of the molecule is C[C@H](Cn1cnc2c(N)ncnc21)OCP(=O)(N[C@@H](C)C(=O)OCc1ccccc1)N[C@@H](C)C(=O)OCc1ccccc1. The molecule has 0 aliphatic heterocycles. The maximum atomic E-state index is 14.1. The first-order chi connectivity index (χ1) is 20.6. The summed E-state index contributed by atoms with van der Waals surface area (Å²) in [7, 11) is -3.72. The van der Waals surface area contributed by atoms with Crippen LogP contribution in [0.1, 0.15) is 31.9 Å². The van der Waals surface area contributed by atoms with Gasteiger partial charge in [0, 0.05) is 0 Å². The highest BCUT2D eigenvalue weighted by Gasteiger charge is 2.33. The summed E-state index contributed by atoms with van der Waals surface area (Å²) in [5, 5.41) is 5.64. The monoisotopic (exact) mass is 609 g/mol. The van der Waals surface area contributed by atoms with Crippen LogP contribution in [-0.2, 0) is 48.1 Å². The molecule has 13 nitrogen and oxygen atoms in total. The molecule has 43 heavy (non-hydrogen) atoms. The number of carbonyl (C=O) groups excluding carboxylic acids is 2. The maximum absolute atomic E-state index is 14.1. The number of imidazole rings is 1. The molecule has 4 N–H and O–H groups in total. The number of rotatable bonds is 15. The van der Waals surface area contributed by atoms with Crippen molar-refractivity contribution >= 4 is 36.4 Å². The molecule has 0 amide bonds. The lowest BCUT2D eigenvalue weighted by atomic mass is 10.2. The minimum Gasteiger partial charge on any atom is -0.460 e. The fraction of sp³-hybridized carbons (Fsp3) is 0.345. The number of nitrogens with two attached hydrogens (primary N) is 1. The number of nitrogens with one attached hydrogen (secondary N) is 2. The van der Waals surface area contributed by atoms with E-state index in [0.29, 0.717) is 17.7 Å². The summed E-state index contributed by atoms with van der Waals surface area (Å²) in [5.41, 5.74) is 8.51. The zero-order chi connectivity index (χ0) is 30.8. The van der Waals surface area contributed by atoms with Crippen LogP contribution in [0.5, 0.6) is 0 Å². The van der Waals surface area contributed by atoms with Gasteiger partial charge in [0.1, 0.15) is 43.5 Å². The molecule has 0 fully saturated rings. The van der Waals surface area contributed by atoms with Crippen LogP contribution >= 0.6 is 7.44 Å². The summed E-state index contributed by atoms with van der Waals surface area (Å²) in [6.45, 7) is 5.29. The predicted octanol–water partition coefficient (Wildman–Crippen LogP) is 3.41. The fourth-order valence-electron chi connectivity index (χ4n) is 4.14. The van der Waals surface area contributed by atoms with Gasteiger partial charge in [0.25, 0.3) is 0 Å². The zero-order valence-electron chi connectivity index (χ0n) is 24.3. The van der Waals surface area contributed by atoms with Crippen molar-refractivity contribution in [2.45, 2.75) is 58.7 Å². The average molecular weight is 610 g/mol. The van der Waals surface area contributed by atoms with E-state index in [-0.39, 0.29) is 25.4 Å². The largest absolute Gasteiger partial charge is 0.460 e. The summed E-state index contributed by atoms with van der Waals surface area (Å²) in [4.78, 5) is 38.0. The molecule has 228 valence electrons. The highest BCUT2D eigenvalue weighted by molar-refractivity contribution is 7.59. The molecule has 2 aromatic carbocycles. The van der Waals surface area contributed by atoms with E-state index in [2.05, 4.69) is 25.1 Å². The predicted molar refractivity (Wildman–Crippen MR) is 160 cm³/mol. The molecule has 4 rings (SSSR count). The van der Waals surface area contributed by atoms with Gasteiger partial charge in [-0.1, -0.05) is 60.7 Å². The number of ether oxygens (including phenoxy) is 3. The minimum absolute atomic E-state index is 0.0616. The molecular weight excluding hydrogens is 573 g/mol. The van der Waals surface area contributed by atoms with Crippen LogP contribution in [0.4, 0.5) is 5.82 Å². The summed E-state index contributed by atoms with van der Waals surface area (Å²) in [6, 6.07) is 16.5. The molecule has 3 atom stereocenters. The third-order valence-corrected chi connectivity index (χ3v) is 8.50. The Morgan fingerprint density at radius 2 is 1.40 bits per heavy atom. The number of esters is 2. The number of hydrogen-bond donors (Lipinski definition) is 3. The lowest BCUT2D eigenvalue weighted by molar-refractivity contribution is -0.147. The van der Waals surface area contributed by atoms with Crippen molar-refractivity contribution in [1.82, 2.24) is 29.7 Å². The first kappa shape index (κ1) is 31.8. The Labute approximate surface area is 249 Å². The minimum atomic E-state index is -3.72. The van der Waals surface area contributed by atoms with Crippen molar-refractivity contribution < 1.29 is 28.4 Å². The molecule has 0 spiro atoms. The summed E-state index contributed by atoms with van der Waals surface area (Å²) >= 11 is 0. The molecule has 0 aliphatic rings. The molecule has 0 unspecified atom stereocenters. The first-order valence-corrected chi connectivity index (χ1v) is 15.6. The second-order valence-corrected chi connectivity index (χ2v) is 12.3. The Morgan fingerprint density at radius 3 is 1.93 bits per heavy atom. The van der Waals surface area contributed by atoms with Crippen molar-refractivity contribution in [1.29, 1.82) is 0 Å². The van der Waals surface area contributed by atoms with E-state index in [1.165, 1.54) is 20.2 Å². The van der Waals surface area contributed by atoms with Gasteiger partial charge >= 0.3 is 11.9 Å². The van der Waals surface area contributed by atoms with Gasteiger partial charge in [-0.2, -0.15) is 0 Å². The van der Waals surface area contributed by atoms with E-state index < -0.39 is 37.6 Å². The van der Waals surface area contributed by atoms with E-state index in [9.17, 15) is 14.2 Å². The summed E-state index contributed by atoms with van der Waals surface area (Å²) in [5.74, 6) is -0.961. The molecule has 2 heterocycles. The topological polar surface area (TPSA) is 173 Å². The second kappa shape index (κ2) is 14.8. The number of carbonyl (C=O) groups is 2. The van der Waals surface area contributed by atoms with Crippen molar-refractivity contribution in [3.63, 3.8) is 0 Å². The summed E-state index contributed by atoms with van der Waals surface area (Å²) < 4.78 is 32.7. The zero-order valence-corrected chi connectivity index (χ0v) is 25.1. The number of aromatic nitrogens is 4. The molecule has 4 aromatic rings. The Kier molecular flexibility index (Phi) is 11.0. The van der Waals surface area contributed by atoms with Crippen LogP contribution in [0, 0.1) is 0 Å². The van der Waals surface area contributed by atoms with Gasteiger partial charge in [-0.3, -0.25) is 14.2 Å². The van der Waals surface area contributed by atoms with Crippen LogP contribution in [0.3, 0.4) is 0 Å². The van der Waals surface area contributed by atoms with Gasteiger partial charge in [0.05, 0.1) is 19.0 Å². The van der Waals surface area contributed by atoms with Crippen LogP contribution in [-0.4, -0.2) is 56.0 Å². The highest BCUT2D eigenvalue weighted by atomic mass is 31.2. The molecular formula is C29H36N7O6P. The van der Waals surface area contributed by atoms with Gasteiger partial charge in [-0.25, -0.2) is 25.1 Å². The summed E-state index contributed by atoms with van der Waals surface area (Å²) in [6.07, 6.45) is 2.11. The van der Waals surface area contributed by atoms with Crippen molar-refractivity contribution in [2.24, 2.45) is 0 Å². The Hall–Kier alpha value is -4.16. The van der Waals surface area contributed by atoms with Gasteiger partial charge in [-0.05, 0) is 31.9 Å².